The standard InChI is InChI=1S/C18H23N5O2/c1-13-6-8-23(9-7-13)17-19-11-15(12-20-17)22-18(24)21-14-4-3-5-16(10-14)25-2/h3-5,10-13H,6-9H2,1-2H3,(H2,21,22,24). The highest BCUT2D eigenvalue weighted by Crippen LogP contribution is 2.20. The molecule has 1 aliphatic heterocycles. The Hall–Kier alpha value is -2.83. The van der Waals surface area contributed by atoms with E-state index in [1.54, 1.807) is 31.6 Å². The van der Waals surface area contributed by atoms with Crippen molar-refractivity contribution < 1.29 is 9.53 Å². The molecule has 0 spiro atoms. The van der Waals surface area contributed by atoms with E-state index in [-0.39, 0.29) is 6.03 Å². The first-order valence-corrected chi connectivity index (χ1v) is 8.43. The number of anilines is 3. The third kappa shape index (κ3) is 4.59. The van der Waals surface area contributed by atoms with Gasteiger partial charge in [-0.15, -0.1) is 0 Å². The van der Waals surface area contributed by atoms with Gasteiger partial charge in [-0.25, -0.2) is 14.8 Å². The third-order valence-electron chi connectivity index (χ3n) is 4.29. The first-order valence-electron chi connectivity index (χ1n) is 8.43. The molecule has 1 aliphatic rings. The molecule has 2 heterocycles. The van der Waals surface area contributed by atoms with Crippen LogP contribution in [0.5, 0.6) is 5.75 Å². The second-order valence-electron chi connectivity index (χ2n) is 6.25. The number of methoxy groups -OCH3 is 1. The molecule has 0 atom stereocenters. The largest absolute Gasteiger partial charge is 0.497 e. The minimum absolute atomic E-state index is 0.351. The number of benzene rings is 1. The first-order chi connectivity index (χ1) is 12.1. The summed E-state index contributed by atoms with van der Waals surface area (Å²) in [4.78, 5) is 23.0. The molecule has 25 heavy (non-hydrogen) atoms. The second-order valence-corrected chi connectivity index (χ2v) is 6.25. The number of ether oxygens (including phenoxy) is 1. The number of carbonyl (C=O) groups is 1. The number of aromatic nitrogens is 2. The molecule has 7 nitrogen and oxygen atoms in total. The average molecular weight is 341 g/mol. The number of rotatable bonds is 4. The Morgan fingerprint density at radius 1 is 1.16 bits per heavy atom. The van der Waals surface area contributed by atoms with Gasteiger partial charge in [0.2, 0.25) is 5.95 Å². The lowest BCUT2D eigenvalue weighted by Gasteiger charge is -2.30. The summed E-state index contributed by atoms with van der Waals surface area (Å²) in [5.74, 6) is 2.16. The van der Waals surface area contributed by atoms with Crippen molar-refractivity contribution in [2.75, 3.05) is 35.7 Å². The SMILES string of the molecule is COc1cccc(NC(=O)Nc2cnc(N3CCC(C)CC3)nc2)c1. The number of urea groups is 1. The van der Waals surface area contributed by atoms with Gasteiger partial charge in [0.15, 0.2) is 0 Å². The Balaban J connectivity index is 1.56. The molecule has 7 heteroatoms. The molecule has 0 radical (unpaired) electrons. The van der Waals surface area contributed by atoms with Crippen molar-refractivity contribution in [3.05, 3.63) is 36.7 Å². The van der Waals surface area contributed by atoms with E-state index in [4.69, 9.17) is 4.74 Å². The van der Waals surface area contributed by atoms with Crippen LogP contribution in [0.1, 0.15) is 19.8 Å². The van der Waals surface area contributed by atoms with E-state index in [1.165, 1.54) is 0 Å². The topological polar surface area (TPSA) is 79.4 Å². The Morgan fingerprint density at radius 3 is 2.52 bits per heavy atom. The monoisotopic (exact) mass is 341 g/mol. The van der Waals surface area contributed by atoms with Crippen molar-refractivity contribution in [3.63, 3.8) is 0 Å². The molecule has 1 fully saturated rings. The summed E-state index contributed by atoms with van der Waals surface area (Å²) in [6.45, 7) is 4.22. The van der Waals surface area contributed by atoms with Crippen LogP contribution in [0.25, 0.3) is 0 Å². The normalized spacial score (nSPS) is 14.9. The molecule has 1 saturated heterocycles. The van der Waals surface area contributed by atoms with E-state index < -0.39 is 0 Å². The van der Waals surface area contributed by atoms with E-state index in [1.807, 2.05) is 12.1 Å². The molecule has 0 bridgehead atoms. The molecular formula is C18H23N5O2. The molecule has 1 aromatic carbocycles. The van der Waals surface area contributed by atoms with E-state index in [0.717, 1.165) is 31.8 Å². The molecular weight excluding hydrogens is 318 g/mol. The van der Waals surface area contributed by atoms with Crippen LogP contribution in [-0.2, 0) is 0 Å². The molecule has 0 saturated carbocycles. The van der Waals surface area contributed by atoms with Crippen molar-refractivity contribution in [1.29, 1.82) is 0 Å². The van der Waals surface area contributed by atoms with Gasteiger partial charge in [0.25, 0.3) is 0 Å². The fourth-order valence-electron chi connectivity index (χ4n) is 2.75. The van der Waals surface area contributed by atoms with Gasteiger partial charge in [-0.05, 0) is 30.9 Å². The third-order valence-corrected chi connectivity index (χ3v) is 4.29. The van der Waals surface area contributed by atoms with Crippen LogP contribution in [0.2, 0.25) is 0 Å². The molecule has 2 aromatic rings. The minimum Gasteiger partial charge on any atom is -0.497 e. The zero-order valence-corrected chi connectivity index (χ0v) is 14.5. The number of nitrogens with zero attached hydrogens (tertiary/aromatic N) is 3. The summed E-state index contributed by atoms with van der Waals surface area (Å²) < 4.78 is 5.14. The van der Waals surface area contributed by atoms with Crippen LogP contribution in [0.4, 0.5) is 22.1 Å². The first kappa shape index (κ1) is 17.0. The zero-order chi connectivity index (χ0) is 17.6. The fraction of sp³-hybridized carbons (Fsp3) is 0.389. The summed E-state index contributed by atoms with van der Waals surface area (Å²) in [5.41, 5.74) is 1.20. The van der Waals surface area contributed by atoms with Gasteiger partial charge in [-0.2, -0.15) is 0 Å². The van der Waals surface area contributed by atoms with Crippen LogP contribution in [0.3, 0.4) is 0 Å². The van der Waals surface area contributed by atoms with Crippen LogP contribution in [0.15, 0.2) is 36.7 Å². The number of nitrogens with one attached hydrogen (secondary N) is 2. The number of piperidine rings is 1. The van der Waals surface area contributed by atoms with Gasteiger partial charge in [0.1, 0.15) is 5.75 Å². The quantitative estimate of drug-likeness (QED) is 0.891. The molecule has 0 unspecified atom stereocenters. The highest BCUT2D eigenvalue weighted by molar-refractivity contribution is 5.99. The van der Waals surface area contributed by atoms with Crippen molar-refractivity contribution >= 4 is 23.4 Å². The maximum atomic E-state index is 12.1. The Labute approximate surface area is 147 Å². The smallest absolute Gasteiger partial charge is 0.323 e. The predicted molar refractivity (Wildman–Crippen MR) is 98.3 cm³/mol. The number of hydrogen-bond donors (Lipinski definition) is 2. The lowest BCUT2D eigenvalue weighted by atomic mass is 10.00. The van der Waals surface area contributed by atoms with Crippen LogP contribution in [0, 0.1) is 5.92 Å². The molecule has 2 N–H and O–H groups in total. The van der Waals surface area contributed by atoms with Crippen molar-refractivity contribution in [1.82, 2.24) is 9.97 Å². The second kappa shape index (κ2) is 7.83. The van der Waals surface area contributed by atoms with Gasteiger partial charge < -0.3 is 20.3 Å². The summed E-state index contributed by atoms with van der Waals surface area (Å²) in [6.07, 6.45) is 5.58. The molecule has 3 rings (SSSR count). The average Bonchev–Trinajstić information content (AvgIpc) is 2.63. The maximum absolute atomic E-state index is 12.1. The van der Waals surface area contributed by atoms with E-state index >= 15 is 0 Å². The van der Waals surface area contributed by atoms with E-state index in [9.17, 15) is 4.79 Å². The van der Waals surface area contributed by atoms with Crippen LogP contribution >= 0.6 is 0 Å². The van der Waals surface area contributed by atoms with Crippen molar-refractivity contribution in [2.45, 2.75) is 19.8 Å². The van der Waals surface area contributed by atoms with Crippen molar-refractivity contribution in [3.8, 4) is 5.75 Å². The van der Waals surface area contributed by atoms with E-state index in [2.05, 4.69) is 32.4 Å². The van der Waals surface area contributed by atoms with Crippen LogP contribution < -0.4 is 20.3 Å². The number of carbonyl (C=O) groups excluding carboxylic acids is 1. The van der Waals surface area contributed by atoms with Gasteiger partial charge >= 0.3 is 6.03 Å². The minimum atomic E-state index is -0.351. The lowest BCUT2D eigenvalue weighted by molar-refractivity contribution is 0.262. The molecule has 2 amide bonds. The molecule has 1 aromatic heterocycles. The number of amides is 2. The summed E-state index contributed by atoms with van der Waals surface area (Å²) in [6, 6.07) is 6.81. The van der Waals surface area contributed by atoms with Crippen LogP contribution in [-0.4, -0.2) is 36.2 Å². The van der Waals surface area contributed by atoms with Gasteiger partial charge in [0.05, 0.1) is 25.2 Å². The lowest BCUT2D eigenvalue weighted by Crippen LogP contribution is -2.34. The summed E-state index contributed by atoms with van der Waals surface area (Å²) >= 11 is 0. The molecule has 132 valence electrons. The fourth-order valence-corrected chi connectivity index (χ4v) is 2.75. The Morgan fingerprint density at radius 2 is 1.84 bits per heavy atom. The Bertz CT molecular complexity index is 712. The summed E-state index contributed by atoms with van der Waals surface area (Å²) in [5, 5.41) is 5.48. The van der Waals surface area contributed by atoms with Crippen molar-refractivity contribution in [2.24, 2.45) is 5.92 Å². The predicted octanol–water partition coefficient (Wildman–Crippen LogP) is 3.37. The highest BCUT2D eigenvalue weighted by Gasteiger charge is 2.17. The molecule has 0 aliphatic carbocycles. The summed E-state index contributed by atoms with van der Waals surface area (Å²) in [7, 11) is 1.58. The Kier molecular flexibility index (Phi) is 5.33. The van der Waals surface area contributed by atoms with E-state index in [0.29, 0.717) is 23.1 Å². The van der Waals surface area contributed by atoms with Gasteiger partial charge in [0, 0.05) is 24.8 Å². The van der Waals surface area contributed by atoms with Gasteiger partial charge in [-0.1, -0.05) is 13.0 Å². The highest BCUT2D eigenvalue weighted by atomic mass is 16.5. The maximum Gasteiger partial charge on any atom is 0.323 e. The number of hydrogen-bond acceptors (Lipinski definition) is 5. The zero-order valence-electron chi connectivity index (χ0n) is 14.5. The van der Waals surface area contributed by atoms with Gasteiger partial charge in [-0.3, -0.25) is 0 Å².